The third-order valence-corrected chi connectivity index (χ3v) is 4.79. The van der Waals surface area contributed by atoms with Gasteiger partial charge < -0.3 is 5.32 Å². The molecule has 2 fully saturated rings. The monoisotopic (exact) mass is 208 g/mol. The van der Waals surface area contributed by atoms with Gasteiger partial charge in [-0.1, -0.05) is 6.42 Å². The van der Waals surface area contributed by atoms with Crippen molar-refractivity contribution in [3.8, 4) is 0 Å². The summed E-state index contributed by atoms with van der Waals surface area (Å²) < 4.78 is 0. The van der Waals surface area contributed by atoms with Crippen LogP contribution in [0.15, 0.2) is 11.7 Å². The molecule has 2 saturated carbocycles. The molecule has 0 amide bonds. The highest BCUT2D eigenvalue weighted by Crippen LogP contribution is 2.62. The summed E-state index contributed by atoms with van der Waals surface area (Å²) in [5.41, 5.74) is 1.94. The Bertz CT molecular complexity index is 299. The van der Waals surface area contributed by atoms with Gasteiger partial charge in [0.05, 0.1) is 5.51 Å². The quantitative estimate of drug-likeness (QED) is 0.825. The summed E-state index contributed by atoms with van der Waals surface area (Å²) in [6, 6.07) is 0.581. The summed E-state index contributed by atoms with van der Waals surface area (Å²) in [5.74, 6) is 2.96. The van der Waals surface area contributed by atoms with Crippen molar-refractivity contribution in [3.05, 3.63) is 16.6 Å². The van der Waals surface area contributed by atoms with Gasteiger partial charge in [-0.25, -0.2) is 0 Å². The van der Waals surface area contributed by atoms with E-state index in [2.05, 4.69) is 17.3 Å². The summed E-state index contributed by atoms with van der Waals surface area (Å²) in [4.78, 5) is 5.60. The van der Waals surface area contributed by atoms with Gasteiger partial charge >= 0.3 is 0 Å². The number of rotatable bonds is 3. The van der Waals surface area contributed by atoms with Crippen molar-refractivity contribution in [3.63, 3.8) is 0 Å². The Balaban J connectivity index is 1.77. The second-order valence-electron chi connectivity index (χ2n) is 4.51. The molecule has 0 saturated heterocycles. The first kappa shape index (κ1) is 8.86. The van der Waals surface area contributed by atoms with Gasteiger partial charge in [-0.3, -0.25) is 4.98 Å². The number of hydrogen-bond donors (Lipinski definition) is 1. The number of fused-ring (bicyclic) bond motifs is 1. The molecule has 2 aliphatic rings. The van der Waals surface area contributed by atoms with Crippen molar-refractivity contribution in [2.24, 2.45) is 17.8 Å². The Hall–Kier alpha value is -0.410. The number of nitrogens with zero attached hydrogens (tertiary/aromatic N) is 1. The van der Waals surface area contributed by atoms with Crippen LogP contribution >= 0.6 is 11.3 Å². The van der Waals surface area contributed by atoms with Gasteiger partial charge in [-0.2, -0.15) is 0 Å². The van der Waals surface area contributed by atoms with E-state index < -0.39 is 0 Å². The highest BCUT2D eigenvalue weighted by molar-refractivity contribution is 7.09. The van der Waals surface area contributed by atoms with Gasteiger partial charge in [-0.05, 0) is 37.6 Å². The summed E-state index contributed by atoms with van der Waals surface area (Å²) >= 11 is 1.79. The zero-order valence-electron chi connectivity index (χ0n) is 8.44. The maximum atomic E-state index is 4.17. The van der Waals surface area contributed by atoms with E-state index in [1.807, 2.05) is 11.7 Å². The maximum absolute atomic E-state index is 4.17. The zero-order valence-corrected chi connectivity index (χ0v) is 9.26. The zero-order chi connectivity index (χ0) is 9.54. The van der Waals surface area contributed by atoms with E-state index in [0.717, 1.165) is 17.8 Å². The predicted molar refractivity (Wildman–Crippen MR) is 58.2 cm³/mol. The van der Waals surface area contributed by atoms with Gasteiger partial charge in [-0.15, -0.1) is 11.3 Å². The van der Waals surface area contributed by atoms with Crippen LogP contribution in [0, 0.1) is 17.8 Å². The van der Waals surface area contributed by atoms with Crippen LogP contribution in [0.1, 0.15) is 30.2 Å². The van der Waals surface area contributed by atoms with Gasteiger partial charge in [0.2, 0.25) is 0 Å². The standard InChI is InChI=1S/C11H16N2S/c1-12-11(9-5-13-6-14-9)10-7-3-2-4-8(7)10/h5-8,10-12H,2-4H2,1H3. The highest BCUT2D eigenvalue weighted by atomic mass is 32.1. The van der Waals surface area contributed by atoms with Crippen LogP contribution in [-0.2, 0) is 0 Å². The molecule has 76 valence electrons. The number of nitrogens with one attached hydrogen (secondary N) is 1. The molecule has 2 aliphatic carbocycles. The fraction of sp³-hybridized carbons (Fsp3) is 0.727. The van der Waals surface area contributed by atoms with Crippen LogP contribution in [0.3, 0.4) is 0 Å². The Kier molecular flexibility index (Phi) is 2.10. The van der Waals surface area contributed by atoms with Crippen LogP contribution in [0.4, 0.5) is 0 Å². The lowest BCUT2D eigenvalue weighted by molar-refractivity contribution is 0.450. The molecule has 3 rings (SSSR count). The normalized spacial score (nSPS) is 36.8. The molecule has 0 bridgehead atoms. The smallest absolute Gasteiger partial charge is 0.0794 e. The van der Waals surface area contributed by atoms with E-state index in [1.165, 1.54) is 24.1 Å². The van der Waals surface area contributed by atoms with Gasteiger partial charge in [0, 0.05) is 17.1 Å². The molecule has 1 aromatic rings. The van der Waals surface area contributed by atoms with E-state index in [0.29, 0.717) is 6.04 Å². The first-order valence-electron chi connectivity index (χ1n) is 5.47. The highest BCUT2D eigenvalue weighted by Gasteiger charge is 2.55. The molecule has 1 heterocycles. The molecule has 1 aromatic heterocycles. The molecular weight excluding hydrogens is 192 g/mol. The number of thiazole rings is 1. The summed E-state index contributed by atoms with van der Waals surface area (Å²) in [7, 11) is 2.08. The number of hydrogen-bond acceptors (Lipinski definition) is 3. The molecule has 3 atom stereocenters. The molecule has 14 heavy (non-hydrogen) atoms. The Morgan fingerprint density at radius 2 is 2.29 bits per heavy atom. The number of aromatic nitrogens is 1. The first-order valence-corrected chi connectivity index (χ1v) is 6.35. The average Bonchev–Trinajstić information content (AvgIpc) is 2.67. The van der Waals surface area contributed by atoms with E-state index >= 15 is 0 Å². The molecule has 3 heteroatoms. The molecular formula is C11H16N2S. The molecule has 1 N–H and O–H groups in total. The van der Waals surface area contributed by atoms with E-state index in [4.69, 9.17) is 0 Å². The minimum absolute atomic E-state index is 0.581. The third kappa shape index (κ3) is 1.22. The van der Waals surface area contributed by atoms with Gasteiger partial charge in [0.25, 0.3) is 0 Å². The van der Waals surface area contributed by atoms with E-state index in [9.17, 15) is 0 Å². The van der Waals surface area contributed by atoms with Crippen LogP contribution in [0.2, 0.25) is 0 Å². The fourth-order valence-electron chi connectivity index (χ4n) is 3.27. The molecule has 0 spiro atoms. The Morgan fingerprint density at radius 1 is 1.50 bits per heavy atom. The van der Waals surface area contributed by atoms with Gasteiger partial charge in [0.1, 0.15) is 0 Å². The average molecular weight is 208 g/mol. The second-order valence-corrected chi connectivity index (χ2v) is 5.42. The first-order chi connectivity index (χ1) is 6.92. The largest absolute Gasteiger partial charge is 0.312 e. The minimum atomic E-state index is 0.581. The van der Waals surface area contributed by atoms with Crippen molar-refractivity contribution in [1.29, 1.82) is 0 Å². The Morgan fingerprint density at radius 3 is 2.86 bits per heavy atom. The van der Waals surface area contributed by atoms with Crippen LogP contribution in [0.25, 0.3) is 0 Å². The molecule has 0 aromatic carbocycles. The molecule has 2 nitrogen and oxygen atoms in total. The topological polar surface area (TPSA) is 24.9 Å². The van der Waals surface area contributed by atoms with Crippen LogP contribution in [0.5, 0.6) is 0 Å². The third-order valence-electron chi connectivity index (χ3n) is 3.93. The summed E-state index contributed by atoms with van der Waals surface area (Å²) in [6.07, 6.45) is 6.42. The predicted octanol–water partition coefficient (Wildman–Crippen LogP) is 2.45. The fourth-order valence-corrected chi connectivity index (χ4v) is 4.06. The second kappa shape index (κ2) is 3.31. The van der Waals surface area contributed by atoms with Crippen molar-refractivity contribution in [2.75, 3.05) is 7.05 Å². The van der Waals surface area contributed by atoms with Crippen molar-refractivity contribution in [2.45, 2.75) is 25.3 Å². The molecule has 3 unspecified atom stereocenters. The molecule has 0 radical (unpaired) electrons. The van der Waals surface area contributed by atoms with Crippen LogP contribution in [-0.4, -0.2) is 12.0 Å². The SMILES string of the molecule is CNC(c1cncs1)C1C2CCCC21. The van der Waals surface area contributed by atoms with Gasteiger partial charge in [0.15, 0.2) is 0 Å². The maximum Gasteiger partial charge on any atom is 0.0794 e. The lowest BCUT2D eigenvalue weighted by Crippen LogP contribution is -2.19. The minimum Gasteiger partial charge on any atom is -0.312 e. The Labute approximate surface area is 88.7 Å². The van der Waals surface area contributed by atoms with Crippen LogP contribution < -0.4 is 5.32 Å². The summed E-state index contributed by atoms with van der Waals surface area (Å²) in [6.45, 7) is 0. The van der Waals surface area contributed by atoms with Crippen molar-refractivity contribution in [1.82, 2.24) is 10.3 Å². The van der Waals surface area contributed by atoms with Crippen molar-refractivity contribution < 1.29 is 0 Å². The van der Waals surface area contributed by atoms with Crippen molar-refractivity contribution >= 4 is 11.3 Å². The lowest BCUT2D eigenvalue weighted by atomic mass is 10.0. The van der Waals surface area contributed by atoms with E-state index in [-0.39, 0.29) is 0 Å². The van der Waals surface area contributed by atoms with E-state index in [1.54, 1.807) is 11.3 Å². The molecule has 0 aliphatic heterocycles. The summed E-state index contributed by atoms with van der Waals surface area (Å²) in [5, 5.41) is 3.47. The lowest BCUT2D eigenvalue weighted by Gasteiger charge is -2.15.